The fourth-order valence-corrected chi connectivity index (χ4v) is 4.57. The van der Waals surface area contributed by atoms with Crippen molar-refractivity contribution < 1.29 is 8.42 Å². The predicted molar refractivity (Wildman–Crippen MR) is 89.8 cm³/mol. The van der Waals surface area contributed by atoms with Gasteiger partial charge in [0.2, 0.25) is 0 Å². The summed E-state index contributed by atoms with van der Waals surface area (Å²) in [5.41, 5.74) is 0.692. The van der Waals surface area contributed by atoms with Crippen molar-refractivity contribution in [3.63, 3.8) is 0 Å². The van der Waals surface area contributed by atoms with E-state index in [0.717, 1.165) is 6.42 Å². The van der Waals surface area contributed by atoms with Crippen molar-refractivity contribution in [1.82, 2.24) is 0 Å². The molecule has 0 saturated carbocycles. The average molecular weight is 323 g/mol. The molecule has 0 aliphatic rings. The molecule has 1 N–H and O–H groups in total. The van der Waals surface area contributed by atoms with Gasteiger partial charge < -0.3 is 5.32 Å². The summed E-state index contributed by atoms with van der Waals surface area (Å²) in [6, 6.07) is 11.4. The highest BCUT2D eigenvalue weighted by Crippen LogP contribution is 2.24. The van der Waals surface area contributed by atoms with E-state index in [9.17, 15) is 8.42 Å². The van der Waals surface area contributed by atoms with Gasteiger partial charge in [-0.05, 0) is 37.1 Å². The SMILES string of the molecule is CCCS(=O)(=O)c1ccccc1NCc1ccc(CC)s1. The van der Waals surface area contributed by atoms with E-state index in [1.54, 1.807) is 23.5 Å². The molecule has 114 valence electrons. The molecule has 0 bridgehead atoms. The largest absolute Gasteiger partial charge is 0.379 e. The Morgan fingerprint density at radius 1 is 1.05 bits per heavy atom. The molecule has 0 amide bonds. The molecular weight excluding hydrogens is 302 g/mol. The molecule has 21 heavy (non-hydrogen) atoms. The number of benzene rings is 1. The van der Waals surface area contributed by atoms with Crippen LogP contribution in [0.2, 0.25) is 0 Å². The third-order valence-corrected chi connectivity index (χ3v) is 6.42. The van der Waals surface area contributed by atoms with Crippen molar-refractivity contribution in [3.05, 3.63) is 46.2 Å². The van der Waals surface area contributed by atoms with E-state index in [-0.39, 0.29) is 5.75 Å². The van der Waals surface area contributed by atoms with Gasteiger partial charge in [-0.2, -0.15) is 0 Å². The van der Waals surface area contributed by atoms with E-state index in [2.05, 4.69) is 24.4 Å². The van der Waals surface area contributed by atoms with Crippen LogP contribution < -0.4 is 5.32 Å². The number of anilines is 1. The predicted octanol–water partition coefficient (Wildman–Crippen LogP) is 4.11. The molecule has 2 rings (SSSR count). The third-order valence-electron chi connectivity index (χ3n) is 3.21. The summed E-state index contributed by atoms with van der Waals surface area (Å²) in [4.78, 5) is 2.97. The van der Waals surface area contributed by atoms with Crippen LogP contribution in [0, 0.1) is 0 Å². The summed E-state index contributed by atoms with van der Waals surface area (Å²) in [5, 5.41) is 3.26. The van der Waals surface area contributed by atoms with Crippen LogP contribution >= 0.6 is 11.3 Å². The lowest BCUT2D eigenvalue weighted by Crippen LogP contribution is -2.10. The molecular formula is C16H21NO2S2. The molecule has 0 aliphatic heterocycles. The number of sulfone groups is 1. The lowest BCUT2D eigenvalue weighted by Gasteiger charge is -2.11. The van der Waals surface area contributed by atoms with Gasteiger partial charge >= 0.3 is 0 Å². The summed E-state index contributed by atoms with van der Waals surface area (Å²) < 4.78 is 24.6. The fraction of sp³-hybridized carbons (Fsp3) is 0.375. The first-order valence-electron chi connectivity index (χ1n) is 7.20. The van der Waals surface area contributed by atoms with Gasteiger partial charge in [0.25, 0.3) is 0 Å². The lowest BCUT2D eigenvalue weighted by molar-refractivity contribution is 0.595. The summed E-state index contributed by atoms with van der Waals surface area (Å²) in [6.07, 6.45) is 1.66. The number of hydrogen-bond acceptors (Lipinski definition) is 4. The highest BCUT2D eigenvalue weighted by atomic mass is 32.2. The summed E-state index contributed by atoms with van der Waals surface area (Å²) in [7, 11) is -3.20. The molecule has 0 saturated heterocycles. The Balaban J connectivity index is 2.17. The minimum absolute atomic E-state index is 0.185. The minimum atomic E-state index is -3.20. The Labute approximate surface area is 130 Å². The van der Waals surface area contributed by atoms with Gasteiger partial charge in [0.15, 0.2) is 9.84 Å². The molecule has 3 nitrogen and oxygen atoms in total. The monoisotopic (exact) mass is 323 g/mol. The van der Waals surface area contributed by atoms with Crippen molar-refractivity contribution >= 4 is 26.9 Å². The number of nitrogens with one attached hydrogen (secondary N) is 1. The summed E-state index contributed by atoms with van der Waals surface area (Å²) in [6.45, 7) is 4.67. The zero-order chi connectivity index (χ0) is 15.3. The van der Waals surface area contributed by atoms with E-state index < -0.39 is 9.84 Å². The third kappa shape index (κ3) is 4.08. The standard InChI is InChI=1S/C16H21NO2S2/c1-3-11-21(18,19)16-8-6-5-7-15(16)17-12-14-10-9-13(4-2)20-14/h5-10,17H,3-4,11-12H2,1-2H3. The molecule has 0 unspecified atom stereocenters. The maximum absolute atomic E-state index is 12.3. The lowest BCUT2D eigenvalue weighted by atomic mass is 10.3. The summed E-state index contributed by atoms with van der Waals surface area (Å²) in [5.74, 6) is 0.185. The zero-order valence-electron chi connectivity index (χ0n) is 12.4. The Bertz CT molecular complexity index is 690. The normalized spacial score (nSPS) is 11.5. The number of rotatable bonds is 7. The van der Waals surface area contributed by atoms with Gasteiger partial charge in [-0.25, -0.2) is 8.42 Å². The van der Waals surface area contributed by atoms with Gasteiger partial charge in [0.1, 0.15) is 0 Å². The van der Waals surface area contributed by atoms with Crippen LogP contribution in [0.4, 0.5) is 5.69 Å². The Hall–Kier alpha value is -1.33. The molecule has 5 heteroatoms. The van der Waals surface area contributed by atoms with Gasteiger partial charge in [0, 0.05) is 16.3 Å². The first kappa shape index (κ1) is 16.0. The first-order chi connectivity index (χ1) is 10.1. The Morgan fingerprint density at radius 3 is 2.43 bits per heavy atom. The second-order valence-corrected chi connectivity index (χ2v) is 8.22. The molecule has 2 aromatic rings. The van der Waals surface area contributed by atoms with Crippen molar-refractivity contribution in [3.8, 4) is 0 Å². The molecule has 0 radical (unpaired) electrons. The second kappa shape index (κ2) is 7.09. The van der Waals surface area contributed by atoms with Crippen LogP contribution in [0.3, 0.4) is 0 Å². The first-order valence-corrected chi connectivity index (χ1v) is 9.67. The van der Waals surface area contributed by atoms with Crippen LogP contribution in [0.15, 0.2) is 41.3 Å². The van der Waals surface area contributed by atoms with Crippen LogP contribution in [0.1, 0.15) is 30.0 Å². The van der Waals surface area contributed by atoms with E-state index in [1.807, 2.05) is 19.1 Å². The fourth-order valence-electron chi connectivity index (χ4n) is 2.15. The summed E-state index contributed by atoms with van der Waals surface area (Å²) >= 11 is 1.76. The average Bonchev–Trinajstić information content (AvgIpc) is 2.93. The molecule has 1 aromatic heterocycles. The van der Waals surface area contributed by atoms with Crippen molar-refractivity contribution in [2.75, 3.05) is 11.1 Å². The highest BCUT2D eigenvalue weighted by molar-refractivity contribution is 7.91. The van der Waals surface area contributed by atoms with Gasteiger partial charge in [-0.15, -0.1) is 11.3 Å². The van der Waals surface area contributed by atoms with E-state index in [4.69, 9.17) is 0 Å². The van der Waals surface area contributed by atoms with Crippen LogP contribution in [-0.2, 0) is 22.8 Å². The van der Waals surface area contributed by atoms with E-state index in [0.29, 0.717) is 23.5 Å². The van der Waals surface area contributed by atoms with Gasteiger partial charge in [-0.3, -0.25) is 0 Å². The van der Waals surface area contributed by atoms with Gasteiger partial charge in [0.05, 0.1) is 16.3 Å². The maximum atomic E-state index is 12.3. The number of para-hydroxylation sites is 1. The molecule has 0 fully saturated rings. The van der Waals surface area contributed by atoms with Crippen molar-refractivity contribution in [2.24, 2.45) is 0 Å². The zero-order valence-corrected chi connectivity index (χ0v) is 14.1. The minimum Gasteiger partial charge on any atom is -0.379 e. The van der Waals surface area contributed by atoms with Crippen LogP contribution in [0.25, 0.3) is 0 Å². The maximum Gasteiger partial charge on any atom is 0.180 e. The molecule has 1 aromatic carbocycles. The highest BCUT2D eigenvalue weighted by Gasteiger charge is 2.17. The molecule has 0 spiro atoms. The quantitative estimate of drug-likeness (QED) is 0.834. The van der Waals surface area contributed by atoms with E-state index >= 15 is 0 Å². The number of thiophene rings is 1. The van der Waals surface area contributed by atoms with E-state index in [1.165, 1.54) is 9.75 Å². The number of hydrogen-bond donors (Lipinski definition) is 1. The smallest absolute Gasteiger partial charge is 0.180 e. The van der Waals surface area contributed by atoms with Crippen molar-refractivity contribution in [1.29, 1.82) is 0 Å². The van der Waals surface area contributed by atoms with Crippen LogP contribution in [0.5, 0.6) is 0 Å². The van der Waals surface area contributed by atoms with Gasteiger partial charge in [-0.1, -0.05) is 26.0 Å². The molecule has 1 heterocycles. The topological polar surface area (TPSA) is 46.2 Å². The molecule has 0 atom stereocenters. The van der Waals surface area contributed by atoms with Crippen LogP contribution in [-0.4, -0.2) is 14.2 Å². The second-order valence-electron chi connectivity index (χ2n) is 4.89. The van der Waals surface area contributed by atoms with Crippen molar-refractivity contribution in [2.45, 2.75) is 38.1 Å². The Kier molecular flexibility index (Phi) is 5.42. The number of aryl methyl sites for hydroxylation is 1. The molecule has 0 aliphatic carbocycles. The Morgan fingerprint density at radius 2 is 1.76 bits per heavy atom.